The summed E-state index contributed by atoms with van der Waals surface area (Å²) in [6.07, 6.45) is 0. The quantitative estimate of drug-likeness (QED) is 0.372. The number of rotatable bonds is 7. The zero-order valence-corrected chi connectivity index (χ0v) is 9.82. The van der Waals surface area contributed by atoms with Crippen molar-refractivity contribution in [3.8, 4) is 23.7 Å². The third-order valence-electron chi connectivity index (χ3n) is 1.35. The second-order valence-electron chi connectivity index (χ2n) is 2.68. The number of carbonyl (C=O) groups is 1. The highest BCUT2D eigenvalue weighted by molar-refractivity contribution is 5.70. The van der Waals surface area contributed by atoms with Crippen LogP contribution in [0.3, 0.4) is 0 Å². The second kappa shape index (κ2) is 12.5. The second-order valence-corrected chi connectivity index (χ2v) is 2.68. The summed E-state index contributed by atoms with van der Waals surface area (Å²) in [5.74, 6) is 9.93. The molecule has 0 unspecified atom stereocenters. The van der Waals surface area contributed by atoms with Gasteiger partial charge in [0.2, 0.25) is 0 Å². The molecule has 0 rings (SSSR count). The van der Waals surface area contributed by atoms with Crippen molar-refractivity contribution in [2.45, 2.75) is 6.92 Å². The van der Waals surface area contributed by atoms with Gasteiger partial charge in [-0.05, 0) is 18.8 Å². The topological polar surface area (TPSA) is 65.0 Å². The van der Waals surface area contributed by atoms with Gasteiger partial charge >= 0.3 is 5.97 Å². The number of esters is 1. The van der Waals surface area contributed by atoms with Crippen LogP contribution in [0.4, 0.5) is 0 Å². The maximum absolute atomic E-state index is 10.8. The molecule has 0 saturated heterocycles. The Morgan fingerprint density at radius 2 is 1.82 bits per heavy atom. The van der Waals surface area contributed by atoms with Gasteiger partial charge in [-0.2, -0.15) is 0 Å². The van der Waals surface area contributed by atoms with E-state index in [1.807, 2.05) is 0 Å². The molecule has 0 aromatic rings. The summed E-state index contributed by atoms with van der Waals surface area (Å²) in [6, 6.07) is 0. The average molecular weight is 240 g/mol. The Bertz CT molecular complexity index is 315. The molecule has 0 aliphatic heterocycles. The molecule has 17 heavy (non-hydrogen) atoms. The van der Waals surface area contributed by atoms with Gasteiger partial charge < -0.3 is 19.3 Å². The first-order valence-corrected chi connectivity index (χ1v) is 5.19. The fraction of sp³-hybridized carbons (Fsp3) is 0.583. The molecule has 94 valence electrons. The third-order valence-corrected chi connectivity index (χ3v) is 1.35. The Kier molecular flexibility index (Phi) is 11.4. The van der Waals surface area contributed by atoms with Crippen molar-refractivity contribution in [3.05, 3.63) is 0 Å². The van der Waals surface area contributed by atoms with Crippen LogP contribution in [-0.4, -0.2) is 50.7 Å². The highest BCUT2D eigenvalue weighted by Gasteiger charge is 1.98. The molecule has 0 aliphatic carbocycles. The van der Waals surface area contributed by atoms with Crippen molar-refractivity contribution < 1.29 is 24.1 Å². The number of hydrogen-bond acceptors (Lipinski definition) is 5. The fourth-order valence-corrected chi connectivity index (χ4v) is 0.736. The normalized spacial score (nSPS) is 8.59. The van der Waals surface area contributed by atoms with Gasteiger partial charge in [0.15, 0.2) is 0 Å². The fourth-order valence-electron chi connectivity index (χ4n) is 0.736. The predicted molar refractivity (Wildman–Crippen MR) is 60.9 cm³/mol. The molecule has 0 heterocycles. The number of aliphatic hydroxyl groups is 1. The molecule has 0 radical (unpaired) electrons. The first-order valence-electron chi connectivity index (χ1n) is 5.19. The predicted octanol–water partition coefficient (Wildman–Crippen LogP) is -0.418. The third kappa shape index (κ3) is 12.4. The highest BCUT2D eigenvalue weighted by Crippen LogP contribution is 1.80. The minimum Gasteiger partial charge on any atom is -0.464 e. The lowest BCUT2D eigenvalue weighted by Crippen LogP contribution is -2.12. The van der Waals surface area contributed by atoms with Gasteiger partial charge in [-0.25, -0.2) is 4.79 Å². The lowest BCUT2D eigenvalue weighted by molar-refractivity contribution is -0.147. The molecule has 1 N–H and O–H groups in total. The molecule has 0 bridgehead atoms. The summed E-state index contributed by atoms with van der Waals surface area (Å²) < 4.78 is 14.4. The molecule has 0 amide bonds. The van der Waals surface area contributed by atoms with E-state index in [1.165, 1.54) is 0 Å². The van der Waals surface area contributed by atoms with E-state index in [9.17, 15) is 4.79 Å². The number of carbonyl (C=O) groups excluding carboxylic acids is 1. The molecule has 5 nitrogen and oxygen atoms in total. The van der Waals surface area contributed by atoms with E-state index in [1.54, 1.807) is 6.92 Å². The van der Waals surface area contributed by atoms with Crippen LogP contribution in [0.15, 0.2) is 0 Å². The molecular formula is C12H16O5. The van der Waals surface area contributed by atoms with Gasteiger partial charge in [0, 0.05) is 0 Å². The van der Waals surface area contributed by atoms with E-state index in [-0.39, 0.29) is 33.0 Å². The SMILES string of the molecule is CCOC(=O)COCC#CC#CCOCCO. The van der Waals surface area contributed by atoms with Crippen molar-refractivity contribution in [3.63, 3.8) is 0 Å². The van der Waals surface area contributed by atoms with E-state index >= 15 is 0 Å². The van der Waals surface area contributed by atoms with Crippen molar-refractivity contribution in [1.82, 2.24) is 0 Å². The summed E-state index contributed by atoms with van der Waals surface area (Å²) >= 11 is 0. The van der Waals surface area contributed by atoms with Crippen LogP contribution >= 0.6 is 0 Å². The van der Waals surface area contributed by atoms with Crippen molar-refractivity contribution >= 4 is 5.97 Å². The van der Waals surface area contributed by atoms with Crippen LogP contribution in [0, 0.1) is 23.7 Å². The lowest BCUT2D eigenvalue weighted by Gasteiger charge is -1.99. The van der Waals surface area contributed by atoms with Gasteiger partial charge in [-0.15, -0.1) is 0 Å². The zero-order chi connectivity index (χ0) is 12.8. The van der Waals surface area contributed by atoms with Gasteiger partial charge in [0.05, 0.1) is 19.8 Å². The number of ether oxygens (including phenoxy) is 3. The van der Waals surface area contributed by atoms with E-state index in [2.05, 4.69) is 28.4 Å². The Balaban J connectivity index is 3.45. The van der Waals surface area contributed by atoms with Gasteiger partial charge in [0.1, 0.15) is 19.8 Å². The standard InChI is InChI=1S/C12H16O5/c1-2-17-12(14)11-16-9-6-4-3-5-8-15-10-7-13/h13H,2,7-11H2,1H3. The largest absolute Gasteiger partial charge is 0.464 e. The highest BCUT2D eigenvalue weighted by atomic mass is 16.6. The smallest absolute Gasteiger partial charge is 0.332 e. The monoisotopic (exact) mass is 240 g/mol. The minimum absolute atomic E-state index is 0.0188. The maximum atomic E-state index is 10.8. The first-order chi connectivity index (χ1) is 8.31. The van der Waals surface area contributed by atoms with Crippen LogP contribution in [0.5, 0.6) is 0 Å². The Morgan fingerprint density at radius 1 is 1.18 bits per heavy atom. The van der Waals surface area contributed by atoms with Crippen molar-refractivity contribution in [2.24, 2.45) is 0 Å². The Hall–Kier alpha value is -1.53. The van der Waals surface area contributed by atoms with Crippen LogP contribution in [-0.2, 0) is 19.0 Å². The van der Waals surface area contributed by atoms with Gasteiger partial charge in [-0.3, -0.25) is 0 Å². The Labute approximate surface area is 101 Å². The lowest BCUT2D eigenvalue weighted by atomic mass is 10.5. The molecule has 0 aromatic heterocycles. The molecule has 0 fully saturated rings. The molecule has 5 heteroatoms. The molecule has 0 atom stereocenters. The molecule has 0 spiro atoms. The number of hydrogen-bond donors (Lipinski definition) is 1. The van der Waals surface area contributed by atoms with Crippen LogP contribution in [0.2, 0.25) is 0 Å². The van der Waals surface area contributed by atoms with E-state index < -0.39 is 5.97 Å². The maximum Gasteiger partial charge on any atom is 0.332 e. The van der Waals surface area contributed by atoms with Crippen molar-refractivity contribution in [2.75, 3.05) is 39.6 Å². The summed E-state index contributed by atoms with van der Waals surface area (Å²) in [6.45, 7) is 2.58. The number of aliphatic hydroxyl groups excluding tert-OH is 1. The summed E-state index contributed by atoms with van der Waals surface area (Å²) in [5.41, 5.74) is 0. The van der Waals surface area contributed by atoms with E-state index in [0.717, 1.165) is 0 Å². The van der Waals surface area contributed by atoms with Crippen LogP contribution in [0.1, 0.15) is 6.92 Å². The molecule has 0 aromatic carbocycles. The first kappa shape index (κ1) is 15.5. The minimum atomic E-state index is -0.405. The Morgan fingerprint density at radius 3 is 2.41 bits per heavy atom. The van der Waals surface area contributed by atoms with Crippen molar-refractivity contribution in [1.29, 1.82) is 0 Å². The molecule has 0 aliphatic rings. The van der Waals surface area contributed by atoms with Gasteiger partial charge in [-0.1, -0.05) is 11.8 Å². The summed E-state index contributed by atoms with van der Waals surface area (Å²) in [4.78, 5) is 10.8. The van der Waals surface area contributed by atoms with Crippen LogP contribution < -0.4 is 0 Å². The molecular weight excluding hydrogens is 224 g/mol. The average Bonchev–Trinajstić information content (AvgIpc) is 2.32. The van der Waals surface area contributed by atoms with Gasteiger partial charge in [0.25, 0.3) is 0 Å². The summed E-state index contributed by atoms with van der Waals surface area (Å²) in [7, 11) is 0. The summed E-state index contributed by atoms with van der Waals surface area (Å²) in [5, 5.41) is 8.39. The van der Waals surface area contributed by atoms with E-state index in [0.29, 0.717) is 6.61 Å². The zero-order valence-electron chi connectivity index (χ0n) is 9.82. The molecule has 0 saturated carbocycles. The van der Waals surface area contributed by atoms with Crippen LogP contribution in [0.25, 0.3) is 0 Å². The van der Waals surface area contributed by atoms with E-state index in [4.69, 9.17) is 14.6 Å².